The van der Waals surface area contributed by atoms with Crippen molar-refractivity contribution in [3.05, 3.63) is 60.0 Å². The fraction of sp³-hybridized carbons (Fsp3) is 0.111. The molecule has 2 aromatic rings. The van der Waals surface area contributed by atoms with Gasteiger partial charge in [-0.3, -0.25) is 9.59 Å². The topological polar surface area (TPSA) is 67.4 Å². The summed E-state index contributed by atoms with van der Waals surface area (Å²) in [5, 5.41) is 7.24. The summed E-state index contributed by atoms with van der Waals surface area (Å²) < 4.78 is 5.48. The molecule has 0 fully saturated rings. The lowest BCUT2D eigenvalue weighted by molar-refractivity contribution is -0.122. The SMILES string of the molecule is C[C@H]1Oc2ccc(NC(=O)/C=C/Sc3ccccc3)cc2NC1=O. The van der Waals surface area contributed by atoms with Crippen LogP contribution in [-0.2, 0) is 9.59 Å². The molecule has 6 heteroatoms. The number of hydrogen-bond donors (Lipinski definition) is 2. The van der Waals surface area contributed by atoms with E-state index in [1.807, 2.05) is 30.3 Å². The number of ether oxygens (including phenoxy) is 1. The van der Waals surface area contributed by atoms with Crippen molar-refractivity contribution < 1.29 is 14.3 Å². The zero-order valence-electron chi connectivity index (χ0n) is 13.0. The maximum Gasteiger partial charge on any atom is 0.265 e. The molecular formula is C18H16N2O3S. The van der Waals surface area contributed by atoms with Gasteiger partial charge in [-0.15, -0.1) is 0 Å². The maximum atomic E-state index is 12.0. The molecule has 2 amide bonds. The first-order valence-electron chi connectivity index (χ1n) is 7.42. The van der Waals surface area contributed by atoms with Crippen molar-refractivity contribution in [3.63, 3.8) is 0 Å². The van der Waals surface area contributed by atoms with Crippen LogP contribution in [0.15, 0.2) is 64.9 Å². The average Bonchev–Trinajstić information content (AvgIpc) is 2.57. The second kappa shape index (κ2) is 7.23. The largest absolute Gasteiger partial charge is 0.479 e. The summed E-state index contributed by atoms with van der Waals surface area (Å²) in [6, 6.07) is 14.9. The van der Waals surface area contributed by atoms with Crippen molar-refractivity contribution in [1.29, 1.82) is 0 Å². The van der Waals surface area contributed by atoms with E-state index < -0.39 is 6.10 Å². The maximum absolute atomic E-state index is 12.0. The van der Waals surface area contributed by atoms with Crippen LogP contribution in [0.3, 0.4) is 0 Å². The van der Waals surface area contributed by atoms with Crippen LogP contribution in [0.1, 0.15) is 6.92 Å². The van der Waals surface area contributed by atoms with Gasteiger partial charge in [-0.2, -0.15) is 0 Å². The fourth-order valence-electron chi connectivity index (χ4n) is 2.14. The van der Waals surface area contributed by atoms with Gasteiger partial charge < -0.3 is 15.4 Å². The summed E-state index contributed by atoms with van der Waals surface area (Å²) in [7, 11) is 0. The molecule has 0 aromatic heterocycles. The van der Waals surface area contributed by atoms with Crippen molar-refractivity contribution in [2.45, 2.75) is 17.9 Å². The van der Waals surface area contributed by atoms with Gasteiger partial charge in [-0.25, -0.2) is 0 Å². The van der Waals surface area contributed by atoms with Crippen molar-refractivity contribution in [2.75, 3.05) is 10.6 Å². The Hall–Kier alpha value is -2.73. The van der Waals surface area contributed by atoms with Crippen LogP contribution >= 0.6 is 11.8 Å². The molecule has 0 unspecified atom stereocenters. The number of carbonyl (C=O) groups excluding carboxylic acids is 2. The van der Waals surface area contributed by atoms with Crippen molar-refractivity contribution in [2.24, 2.45) is 0 Å². The number of rotatable bonds is 4. The number of fused-ring (bicyclic) bond motifs is 1. The van der Waals surface area contributed by atoms with Crippen LogP contribution in [0.25, 0.3) is 0 Å². The molecular weight excluding hydrogens is 324 g/mol. The molecule has 2 aromatic carbocycles. The first kappa shape index (κ1) is 16.1. The van der Waals surface area contributed by atoms with Gasteiger partial charge in [0.2, 0.25) is 5.91 Å². The lowest BCUT2D eigenvalue weighted by Crippen LogP contribution is -2.34. The molecule has 1 heterocycles. The van der Waals surface area contributed by atoms with E-state index in [-0.39, 0.29) is 11.8 Å². The van der Waals surface area contributed by atoms with Gasteiger partial charge >= 0.3 is 0 Å². The summed E-state index contributed by atoms with van der Waals surface area (Å²) in [5.74, 6) is 0.148. The third-order valence-electron chi connectivity index (χ3n) is 3.34. The van der Waals surface area contributed by atoms with Crippen molar-refractivity contribution >= 4 is 35.0 Å². The lowest BCUT2D eigenvalue weighted by Gasteiger charge is -2.23. The van der Waals surface area contributed by atoms with Crippen molar-refractivity contribution in [1.82, 2.24) is 0 Å². The van der Waals surface area contributed by atoms with Crippen LogP contribution < -0.4 is 15.4 Å². The Kier molecular flexibility index (Phi) is 4.86. The zero-order chi connectivity index (χ0) is 16.9. The number of benzene rings is 2. The summed E-state index contributed by atoms with van der Waals surface area (Å²) in [6.45, 7) is 1.68. The van der Waals surface area contributed by atoms with E-state index in [4.69, 9.17) is 4.74 Å². The van der Waals surface area contributed by atoms with E-state index in [1.54, 1.807) is 30.5 Å². The van der Waals surface area contributed by atoms with E-state index in [9.17, 15) is 9.59 Å². The normalized spacial score (nSPS) is 16.2. The van der Waals surface area contributed by atoms with E-state index in [1.165, 1.54) is 17.8 Å². The highest BCUT2D eigenvalue weighted by Gasteiger charge is 2.23. The Balaban J connectivity index is 1.61. The molecule has 1 aliphatic heterocycles. The minimum atomic E-state index is -0.518. The summed E-state index contributed by atoms with van der Waals surface area (Å²) in [6.07, 6.45) is 0.949. The van der Waals surface area contributed by atoms with Gasteiger partial charge in [-0.05, 0) is 42.7 Å². The summed E-state index contributed by atoms with van der Waals surface area (Å²) in [4.78, 5) is 24.6. The highest BCUT2D eigenvalue weighted by molar-refractivity contribution is 8.02. The second-order valence-electron chi connectivity index (χ2n) is 5.18. The molecule has 5 nitrogen and oxygen atoms in total. The minimum Gasteiger partial charge on any atom is -0.479 e. The molecule has 3 rings (SSSR count). The van der Waals surface area contributed by atoms with Gasteiger partial charge in [-0.1, -0.05) is 30.0 Å². The minimum absolute atomic E-state index is 0.204. The Bertz CT molecular complexity index is 790. The second-order valence-corrected chi connectivity index (χ2v) is 6.16. The predicted molar refractivity (Wildman–Crippen MR) is 95.2 cm³/mol. The van der Waals surface area contributed by atoms with Crippen LogP contribution in [0.4, 0.5) is 11.4 Å². The summed E-state index contributed by atoms with van der Waals surface area (Å²) in [5.41, 5.74) is 1.14. The van der Waals surface area contributed by atoms with E-state index in [2.05, 4.69) is 10.6 Å². The van der Waals surface area contributed by atoms with Gasteiger partial charge in [0.15, 0.2) is 6.10 Å². The smallest absolute Gasteiger partial charge is 0.265 e. The third-order valence-corrected chi connectivity index (χ3v) is 4.16. The van der Waals surface area contributed by atoms with Crippen LogP contribution in [-0.4, -0.2) is 17.9 Å². The van der Waals surface area contributed by atoms with Crippen LogP contribution in [0, 0.1) is 0 Å². The molecule has 24 heavy (non-hydrogen) atoms. The number of thioether (sulfide) groups is 1. The van der Waals surface area contributed by atoms with E-state index in [0.717, 1.165) is 4.90 Å². The van der Waals surface area contributed by atoms with Crippen molar-refractivity contribution in [3.8, 4) is 5.75 Å². The molecule has 1 aliphatic rings. The number of hydrogen-bond acceptors (Lipinski definition) is 4. The van der Waals surface area contributed by atoms with E-state index >= 15 is 0 Å². The molecule has 0 radical (unpaired) electrons. The predicted octanol–water partition coefficient (Wildman–Crippen LogP) is 3.65. The van der Waals surface area contributed by atoms with Gasteiger partial charge in [0.1, 0.15) is 5.75 Å². The molecule has 0 saturated carbocycles. The molecule has 122 valence electrons. The standard InChI is InChI=1S/C18H16N2O3S/c1-12-18(22)20-15-11-13(7-8-16(15)23-12)19-17(21)9-10-24-14-5-3-2-4-6-14/h2-12H,1H3,(H,19,21)(H,20,22)/b10-9+/t12-/m1/s1. The fourth-order valence-corrected chi connectivity index (χ4v) is 2.81. The van der Waals surface area contributed by atoms with E-state index in [0.29, 0.717) is 17.1 Å². The third kappa shape index (κ3) is 3.97. The number of nitrogens with one attached hydrogen (secondary N) is 2. The quantitative estimate of drug-likeness (QED) is 0.658. The first-order chi connectivity index (χ1) is 11.6. The first-order valence-corrected chi connectivity index (χ1v) is 8.30. The Morgan fingerprint density at radius 1 is 1.25 bits per heavy atom. The molecule has 0 spiro atoms. The number of amides is 2. The lowest BCUT2D eigenvalue weighted by atomic mass is 10.2. The Morgan fingerprint density at radius 2 is 2.04 bits per heavy atom. The monoisotopic (exact) mass is 340 g/mol. The van der Waals surface area contributed by atoms with Crippen LogP contribution in [0.5, 0.6) is 5.75 Å². The summed E-state index contributed by atoms with van der Waals surface area (Å²) >= 11 is 1.46. The molecule has 0 bridgehead atoms. The molecule has 0 aliphatic carbocycles. The Morgan fingerprint density at radius 3 is 2.83 bits per heavy atom. The number of carbonyl (C=O) groups is 2. The van der Waals surface area contributed by atoms with Gasteiger partial charge in [0.25, 0.3) is 5.91 Å². The van der Waals surface area contributed by atoms with Gasteiger partial charge in [0.05, 0.1) is 5.69 Å². The van der Waals surface area contributed by atoms with Crippen LogP contribution in [0.2, 0.25) is 0 Å². The highest BCUT2D eigenvalue weighted by atomic mass is 32.2. The highest BCUT2D eigenvalue weighted by Crippen LogP contribution is 2.32. The van der Waals surface area contributed by atoms with Gasteiger partial charge in [0, 0.05) is 16.7 Å². The average molecular weight is 340 g/mol. The zero-order valence-corrected chi connectivity index (χ0v) is 13.8. The number of anilines is 2. The molecule has 1 atom stereocenters. The molecule has 0 saturated heterocycles. The molecule has 2 N–H and O–H groups in total. The Labute approximate surface area is 144 Å².